The first-order chi connectivity index (χ1) is 6.02. The number of nitrogens with one attached hydrogen (secondary N) is 1. The molecule has 0 aliphatic heterocycles. The highest BCUT2D eigenvalue weighted by atomic mass is 16.2. The number of amides is 2. The lowest BCUT2D eigenvalue weighted by molar-refractivity contribution is 0.134. The van der Waals surface area contributed by atoms with Crippen molar-refractivity contribution in [3.8, 4) is 0 Å². The number of hydrogen-bond donors (Lipinski definition) is 2. The molecule has 0 aliphatic carbocycles. The third-order valence-corrected chi connectivity index (χ3v) is 2.24. The van der Waals surface area contributed by atoms with Crippen molar-refractivity contribution in [1.82, 2.24) is 10.4 Å². The standard InChI is InChI=1S/C9H21N3O/c1-5-7(3)11-12(9(10)13)8(4)6-2/h7-8,11H,5-6H2,1-4H3,(H2,10,13)/t7-,8-/m1/s1. The molecule has 0 unspecified atom stereocenters. The average Bonchev–Trinajstić information content (AvgIpc) is 2.11. The third-order valence-electron chi connectivity index (χ3n) is 2.24. The third kappa shape index (κ3) is 4.12. The van der Waals surface area contributed by atoms with Crippen LogP contribution in [0.25, 0.3) is 0 Å². The smallest absolute Gasteiger partial charge is 0.329 e. The van der Waals surface area contributed by atoms with Gasteiger partial charge in [-0.15, -0.1) is 0 Å². The van der Waals surface area contributed by atoms with Gasteiger partial charge in [0.25, 0.3) is 0 Å². The lowest BCUT2D eigenvalue weighted by Gasteiger charge is -2.29. The van der Waals surface area contributed by atoms with Crippen molar-refractivity contribution in [2.45, 2.75) is 52.6 Å². The molecule has 4 heteroatoms. The Bertz CT molecular complexity index is 161. The molecular formula is C9H21N3O. The molecule has 0 aliphatic rings. The van der Waals surface area contributed by atoms with E-state index in [1.54, 1.807) is 0 Å². The topological polar surface area (TPSA) is 58.4 Å². The van der Waals surface area contributed by atoms with Crippen molar-refractivity contribution in [3.05, 3.63) is 0 Å². The van der Waals surface area contributed by atoms with E-state index in [0.29, 0.717) is 0 Å². The molecule has 3 N–H and O–H groups in total. The number of hydrazine groups is 1. The van der Waals surface area contributed by atoms with Crippen molar-refractivity contribution in [3.63, 3.8) is 0 Å². The molecule has 2 atom stereocenters. The maximum absolute atomic E-state index is 11.0. The normalized spacial score (nSPS) is 15.1. The zero-order chi connectivity index (χ0) is 10.4. The summed E-state index contributed by atoms with van der Waals surface area (Å²) in [5, 5.41) is 1.51. The number of carbonyl (C=O) groups is 1. The van der Waals surface area contributed by atoms with E-state index < -0.39 is 6.03 Å². The van der Waals surface area contributed by atoms with Crippen LogP contribution in [0.1, 0.15) is 40.5 Å². The van der Waals surface area contributed by atoms with Gasteiger partial charge in [0.2, 0.25) is 0 Å². The molecule has 0 spiro atoms. The Kier molecular flexibility index (Phi) is 5.46. The Labute approximate surface area is 80.4 Å². The molecule has 2 amide bonds. The van der Waals surface area contributed by atoms with E-state index in [-0.39, 0.29) is 12.1 Å². The maximum atomic E-state index is 11.0. The number of rotatable bonds is 5. The molecule has 0 saturated heterocycles. The predicted octanol–water partition coefficient (Wildman–Crippen LogP) is 1.47. The van der Waals surface area contributed by atoms with Crippen molar-refractivity contribution in [2.24, 2.45) is 5.73 Å². The van der Waals surface area contributed by atoms with Gasteiger partial charge in [-0.2, -0.15) is 0 Å². The van der Waals surface area contributed by atoms with Gasteiger partial charge in [-0.25, -0.2) is 10.2 Å². The van der Waals surface area contributed by atoms with Gasteiger partial charge in [0.05, 0.1) is 0 Å². The van der Waals surface area contributed by atoms with Crippen LogP contribution in [0.2, 0.25) is 0 Å². The number of nitrogens with two attached hydrogens (primary N) is 1. The summed E-state index contributed by atoms with van der Waals surface area (Å²) in [6, 6.07) is 0.0163. The number of urea groups is 1. The minimum Gasteiger partial charge on any atom is -0.350 e. The van der Waals surface area contributed by atoms with Crippen LogP contribution in [0.15, 0.2) is 0 Å². The van der Waals surface area contributed by atoms with Gasteiger partial charge in [-0.3, -0.25) is 5.01 Å². The number of hydrogen-bond acceptors (Lipinski definition) is 2. The van der Waals surface area contributed by atoms with Gasteiger partial charge in [-0.05, 0) is 26.7 Å². The van der Waals surface area contributed by atoms with Crippen molar-refractivity contribution in [2.75, 3.05) is 0 Å². The fourth-order valence-electron chi connectivity index (χ4n) is 0.919. The van der Waals surface area contributed by atoms with Crippen molar-refractivity contribution < 1.29 is 4.79 Å². The highest BCUT2D eigenvalue weighted by Gasteiger charge is 2.17. The average molecular weight is 187 g/mol. The molecule has 0 aromatic heterocycles. The first-order valence-electron chi connectivity index (χ1n) is 4.87. The molecule has 0 radical (unpaired) electrons. The van der Waals surface area contributed by atoms with Crippen LogP contribution in [0.5, 0.6) is 0 Å². The molecule has 0 fully saturated rings. The Morgan fingerprint density at radius 3 is 2.23 bits per heavy atom. The van der Waals surface area contributed by atoms with Crippen LogP contribution in [-0.2, 0) is 0 Å². The van der Waals surface area contributed by atoms with Crippen molar-refractivity contribution >= 4 is 6.03 Å². The van der Waals surface area contributed by atoms with Crippen LogP contribution in [0.3, 0.4) is 0 Å². The summed E-state index contributed by atoms with van der Waals surface area (Å²) in [5.41, 5.74) is 8.32. The fraction of sp³-hybridized carbons (Fsp3) is 0.889. The number of primary amides is 1. The van der Waals surface area contributed by atoms with E-state index in [4.69, 9.17) is 5.73 Å². The van der Waals surface area contributed by atoms with E-state index in [9.17, 15) is 4.79 Å². The summed E-state index contributed by atoms with van der Waals surface area (Å²) in [5.74, 6) is 0. The molecular weight excluding hydrogens is 166 g/mol. The molecule has 0 aromatic rings. The van der Waals surface area contributed by atoms with Crippen LogP contribution in [-0.4, -0.2) is 23.1 Å². The second-order valence-electron chi connectivity index (χ2n) is 3.40. The Morgan fingerprint density at radius 1 is 1.38 bits per heavy atom. The quantitative estimate of drug-likeness (QED) is 0.640. The monoisotopic (exact) mass is 187 g/mol. The van der Waals surface area contributed by atoms with E-state index in [1.807, 2.05) is 20.8 Å². The second kappa shape index (κ2) is 5.80. The Balaban J connectivity index is 4.17. The molecule has 13 heavy (non-hydrogen) atoms. The van der Waals surface area contributed by atoms with E-state index in [0.717, 1.165) is 12.8 Å². The minimum atomic E-state index is -0.408. The van der Waals surface area contributed by atoms with Crippen LogP contribution in [0.4, 0.5) is 4.79 Å². The second-order valence-corrected chi connectivity index (χ2v) is 3.40. The summed E-state index contributed by atoms with van der Waals surface area (Å²) >= 11 is 0. The van der Waals surface area contributed by atoms with Crippen molar-refractivity contribution in [1.29, 1.82) is 0 Å². The van der Waals surface area contributed by atoms with Gasteiger partial charge in [0.1, 0.15) is 0 Å². The van der Waals surface area contributed by atoms with Gasteiger partial charge in [0.15, 0.2) is 0 Å². The molecule has 0 bridgehead atoms. The van der Waals surface area contributed by atoms with E-state index >= 15 is 0 Å². The first-order valence-corrected chi connectivity index (χ1v) is 4.87. The highest BCUT2D eigenvalue weighted by Crippen LogP contribution is 2.01. The summed E-state index contributed by atoms with van der Waals surface area (Å²) in [6.45, 7) is 8.09. The number of nitrogens with zero attached hydrogens (tertiary/aromatic N) is 1. The zero-order valence-electron chi connectivity index (χ0n) is 9.00. The molecule has 0 aromatic carbocycles. The van der Waals surface area contributed by atoms with Crippen LogP contribution < -0.4 is 11.2 Å². The molecule has 0 rings (SSSR count). The van der Waals surface area contributed by atoms with E-state index in [1.165, 1.54) is 5.01 Å². The molecule has 0 heterocycles. The summed E-state index contributed by atoms with van der Waals surface area (Å²) in [6.07, 6.45) is 1.87. The zero-order valence-corrected chi connectivity index (χ0v) is 9.00. The molecule has 4 nitrogen and oxygen atoms in total. The van der Waals surface area contributed by atoms with Gasteiger partial charge < -0.3 is 5.73 Å². The van der Waals surface area contributed by atoms with E-state index in [2.05, 4.69) is 12.3 Å². The molecule has 78 valence electrons. The SMILES string of the molecule is CC[C@@H](C)NN(C(N)=O)[C@H](C)CC. The number of carbonyl (C=O) groups excluding carboxylic acids is 1. The Morgan fingerprint density at radius 2 is 1.92 bits per heavy atom. The largest absolute Gasteiger partial charge is 0.350 e. The van der Waals surface area contributed by atoms with Crippen LogP contribution >= 0.6 is 0 Å². The predicted molar refractivity (Wildman–Crippen MR) is 54.1 cm³/mol. The first kappa shape index (κ1) is 12.2. The van der Waals surface area contributed by atoms with Gasteiger partial charge in [-0.1, -0.05) is 13.8 Å². The maximum Gasteiger partial charge on any atom is 0.329 e. The molecule has 0 saturated carbocycles. The van der Waals surface area contributed by atoms with Gasteiger partial charge in [0, 0.05) is 12.1 Å². The lowest BCUT2D eigenvalue weighted by Crippen LogP contribution is -2.53. The summed E-state index contributed by atoms with van der Waals surface area (Å²) in [4.78, 5) is 11.0. The Hall–Kier alpha value is -0.770. The van der Waals surface area contributed by atoms with Gasteiger partial charge >= 0.3 is 6.03 Å². The van der Waals surface area contributed by atoms with Crippen LogP contribution in [0, 0.1) is 0 Å². The lowest BCUT2D eigenvalue weighted by atomic mass is 10.2. The summed E-state index contributed by atoms with van der Waals surface area (Å²) < 4.78 is 0. The minimum absolute atomic E-state index is 0.145. The fourth-order valence-corrected chi connectivity index (χ4v) is 0.919. The highest BCUT2D eigenvalue weighted by molar-refractivity contribution is 5.71. The summed E-state index contributed by atoms with van der Waals surface area (Å²) in [7, 11) is 0.